The third-order valence-electron chi connectivity index (χ3n) is 2.51. The van der Waals surface area contributed by atoms with E-state index in [0.29, 0.717) is 11.2 Å². The van der Waals surface area contributed by atoms with Gasteiger partial charge in [0.25, 0.3) is 0 Å². The molecule has 0 bridgehead atoms. The van der Waals surface area contributed by atoms with Crippen LogP contribution in [-0.4, -0.2) is 9.97 Å². The summed E-state index contributed by atoms with van der Waals surface area (Å²) in [5.74, 6) is 0. The Morgan fingerprint density at radius 2 is 2.12 bits per heavy atom. The summed E-state index contributed by atoms with van der Waals surface area (Å²) >= 11 is 0. The summed E-state index contributed by atoms with van der Waals surface area (Å²) in [6.45, 7) is 0. The fourth-order valence-electron chi connectivity index (χ4n) is 1.88. The summed E-state index contributed by atoms with van der Waals surface area (Å²) in [7, 11) is 0. The summed E-state index contributed by atoms with van der Waals surface area (Å²) in [6.07, 6.45) is 3.44. The molecule has 1 aromatic heterocycles. The van der Waals surface area contributed by atoms with Crippen LogP contribution in [-0.2, 0) is 21.1 Å². The molecule has 2 heterocycles. The van der Waals surface area contributed by atoms with Crippen LogP contribution in [0.5, 0.6) is 0 Å². The van der Waals surface area contributed by atoms with Crippen LogP contribution in [0.15, 0.2) is 41.8 Å². The van der Waals surface area contributed by atoms with E-state index in [4.69, 9.17) is 0 Å². The van der Waals surface area contributed by atoms with E-state index in [1.807, 2.05) is 24.3 Å². The summed E-state index contributed by atoms with van der Waals surface area (Å²) < 4.78 is 0. The zero-order valence-electron chi connectivity index (χ0n) is 8.18. The van der Waals surface area contributed by atoms with Gasteiger partial charge in [-0.05, 0) is 17.3 Å². The monoisotopic (exact) mass is 381 g/mol. The van der Waals surface area contributed by atoms with Crippen molar-refractivity contribution in [3.63, 3.8) is 0 Å². The second kappa shape index (κ2) is 4.14. The van der Waals surface area contributed by atoms with E-state index in [9.17, 15) is 4.91 Å². The van der Waals surface area contributed by atoms with Crippen molar-refractivity contribution in [1.29, 1.82) is 0 Å². The van der Waals surface area contributed by atoms with Crippen LogP contribution in [0.2, 0.25) is 0 Å². The molecule has 0 saturated heterocycles. The first-order chi connectivity index (χ1) is 7.42. The van der Waals surface area contributed by atoms with Crippen LogP contribution >= 0.6 is 0 Å². The molecular weight excluding hydrogens is 374 g/mol. The molecule has 0 aromatic carbocycles. The first-order valence-electron chi connectivity index (χ1n) is 4.59. The van der Waals surface area contributed by atoms with E-state index in [0.717, 1.165) is 16.6 Å². The molecule has 2 aliphatic rings. The van der Waals surface area contributed by atoms with Crippen LogP contribution in [0.25, 0.3) is 22.2 Å². The molecule has 4 nitrogen and oxygen atoms in total. The molecule has 0 spiro atoms. The first-order valence-corrected chi connectivity index (χ1v) is 4.59. The first kappa shape index (κ1) is 11.0. The molecule has 0 unspecified atom stereocenters. The maximum Gasteiger partial charge on any atom is 0.158 e. The van der Waals surface area contributed by atoms with Gasteiger partial charge in [0.1, 0.15) is 5.52 Å². The number of hydrogen-bond donors (Lipinski definition) is 1. The van der Waals surface area contributed by atoms with Gasteiger partial charge < -0.3 is 4.98 Å². The number of hydrogen-bond acceptors (Lipinski definition) is 3. The van der Waals surface area contributed by atoms with Gasteiger partial charge in [-0.1, -0.05) is 12.1 Å². The van der Waals surface area contributed by atoms with Crippen molar-refractivity contribution in [1.82, 2.24) is 9.97 Å². The molecule has 1 N–H and O–H groups in total. The van der Waals surface area contributed by atoms with Crippen LogP contribution in [0, 0.1) is 4.91 Å². The van der Waals surface area contributed by atoms with Crippen LogP contribution in [0.3, 0.4) is 0 Å². The molecule has 0 atom stereocenters. The van der Waals surface area contributed by atoms with Gasteiger partial charge in [0.2, 0.25) is 0 Å². The molecule has 1 aromatic rings. The van der Waals surface area contributed by atoms with Crippen LogP contribution in [0.1, 0.15) is 0 Å². The van der Waals surface area contributed by atoms with Gasteiger partial charge in [-0.2, -0.15) is 0 Å². The average molecular weight is 381 g/mol. The van der Waals surface area contributed by atoms with Crippen LogP contribution < -0.4 is 0 Å². The number of nitrogens with zero attached hydrogens (tertiary/aromatic N) is 2. The van der Waals surface area contributed by atoms with Crippen molar-refractivity contribution in [2.45, 2.75) is 0 Å². The summed E-state index contributed by atoms with van der Waals surface area (Å²) in [4.78, 5) is 18.0. The summed E-state index contributed by atoms with van der Waals surface area (Å²) in [6, 6.07) is 7.63. The Balaban J connectivity index is 0.000000963. The smallest absolute Gasteiger partial charge is 0.158 e. The van der Waals surface area contributed by atoms with E-state index >= 15 is 0 Å². The second-order valence-electron chi connectivity index (χ2n) is 3.30. The zero-order chi connectivity index (χ0) is 10.3. The maximum absolute atomic E-state index is 10.8. The Bertz CT molecular complexity index is 620. The molecule has 1 aliphatic heterocycles. The topological polar surface area (TPSA) is 58.1 Å². The third kappa shape index (κ3) is 1.38. The van der Waals surface area contributed by atoms with E-state index in [1.54, 1.807) is 12.4 Å². The number of aromatic nitrogens is 2. The molecule has 0 amide bonds. The Kier molecular flexibility index (Phi) is 2.84. The summed E-state index contributed by atoms with van der Waals surface area (Å²) in [5, 5.41) is 4.00. The van der Waals surface area contributed by atoms with Gasteiger partial charge in [-0.3, -0.25) is 4.98 Å². The molecule has 0 saturated carbocycles. The molecule has 3 rings (SSSR count). The predicted molar refractivity (Wildman–Crippen MR) is 58.2 cm³/mol. The fraction of sp³-hybridized carbons (Fsp3) is 0. The molecular formula is C11H7N3OW. The van der Waals surface area contributed by atoms with Gasteiger partial charge in [0.05, 0.1) is 5.69 Å². The number of nitrogens with one attached hydrogen (secondary N) is 1. The molecule has 0 fully saturated rings. The third-order valence-corrected chi connectivity index (χ3v) is 2.51. The molecule has 0 radical (unpaired) electrons. The number of pyridine rings is 2. The van der Waals surface area contributed by atoms with Gasteiger partial charge >= 0.3 is 0 Å². The molecule has 16 heavy (non-hydrogen) atoms. The Morgan fingerprint density at radius 3 is 2.94 bits per heavy atom. The predicted octanol–water partition coefficient (Wildman–Crippen LogP) is 3.06. The van der Waals surface area contributed by atoms with Crippen molar-refractivity contribution in [3.8, 4) is 11.3 Å². The molecule has 1 aliphatic carbocycles. The SMILES string of the molecule is O=Nc1c2[nH]cccc-2c2cccnc12.[W]. The number of rotatable bonds is 1. The van der Waals surface area contributed by atoms with Gasteiger partial charge in [0, 0.05) is 44.4 Å². The second-order valence-corrected chi connectivity index (χ2v) is 3.30. The minimum atomic E-state index is 0. The minimum Gasteiger partial charge on any atom is -0.359 e. The van der Waals surface area contributed by atoms with Gasteiger partial charge in [0.15, 0.2) is 5.69 Å². The van der Waals surface area contributed by atoms with E-state index in [2.05, 4.69) is 15.1 Å². The van der Waals surface area contributed by atoms with E-state index in [-0.39, 0.29) is 21.1 Å². The molecule has 5 heteroatoms. The standard InChI is InChI=1S/C11H7N3O.W/c15-14-11-9-7(3-1-5-12-9)8-4-2-6-13-10(8)11;/h1-6,12H;. The zero-order valence-corrected chi connectivity index (χ0v) is 11.1. The number of fused-ring (bicyclic) bond motifs is 3. The Labute approximate surface area is 106 Å². The van der Waals surface area contributed by atoms with Crippen molar-refractivity contribution in [2.24, 2.45) is 5.18 Å². The number of H-pyrrole nitrogens is 1. The van der Waals surface area contributed by atoms with E-state index < -0.39 is 0 Å². The van der Waals surface area contributed by atoms with Gasteiger partial charge in [-0.15, -0.1) is 4.91 Å². The normalized spacial score (nSPS) is 10.2. The average Bonchev–Trinajstić information content (AvgIpc) is 2.63. The van der Waals surface area contributed by atoms with Crippen LogP contribution in [0.4, 0.5) is 5.69 Å². The Hall–Kier alpha value is -1.54. The quantitative estimate of drug-likeness (QED) is 0.659. The van der Waals surface area contributed by atoms with Crippen molar-refractivity contribution >= 4 is 16.6 Å². The summed E-state index contributed by atoms with van der Waals surface area (Å²) in [5.41, 5.74) is 2.78. The fourth-order valence-corrected chi connectivity index (χ4v) is 1.88. The maximum atomic E-state index is 10.8. The molecule has 78 valence electrons. The Morgan fingerprint density at radius 1 is 1.25 bits per heavy atom. The number of nitroso groups, excluding NO2 is 1. The largest absolute Gasteiger partial charge is 0.359 e. The van der Waals surface area contributed by atoms with Gasteiger partial charge in [-0.25, -0.2) is 0 Å². The van der Waals surface area contributed by atoms with E-state index in [1.165, 1.54) is 0 Å². The van der Waals surface area contributed by atoms with Crippen molar-refractivity contribution in [2.75, 3.05) is 0 Å². The minimum absolute atomic E-state index is 0. The number of aromatic amines is 1. The van der Waals surface area contributed by atoms with Crippen molar-refractivity contribution in [3.05, 3.63) is 41.6 Å². The van der Waals surface area contributed by atoms with Crippen molar-refractivity contribution < 1.29 is 21.1 Å².